The van der Waals surface area contributed by atoms with Crippen LogP contribution in [0.4, 0.5) is 0 Å². The molecular formula is C26H15ClO4. The molecule has 0 saturated carbocycles. The summed E-state index contributed by atoms with van der Waals surface area (Å²) in [6.07, 6.45) is 0. The van der Waals surface area contributed by atoms with Crippen LogP contribution in [-0.4, -0.2) is 11.6 Å². The zero-order chi connectivity index (χ0) is 21.4. The quantitative estimate of drug-likeness (QED) is 0.321. The molecule has 150 valence electrons. The standard InChI is InChI=1S/C26H15ClO4/c27-20-15-14-19-23(26(20)31-17-10-5-2-6-11-17)25(29)22-18(24(19)28)12-7-13-21(22)30-16-8-3-1-4-9-16/h1-15H. The Morgan fingerprint density at radius 1 is 0.548 bits per heavy atom. The van der Waals surface area contributed by atoms with Crippen LogP contribution < -0.4 is 9.47 Å². The molecule has 0 saturated heterocycles. The topological polar surface area (TPSA) is 52.6 Å². The molecule has 1 aliphatic rings. The summed E-state index contributed by atoms with van der Waals surface area (Å²) in [7, 11) is 0. The molecule has 5 rings (SSSR count). The van der Waals surface area contributed by atoms with Crippen molar-refractivity contribution in [3.05, 3.63) is 118 Å². The Morgan fingerprint density at radius 3 is 1.84 bits per heavy atom. The van der Waals surface area contributed by atoms with Crippen LogP contribution in [0.15, 0.2) is 91.0 Å². The van der Waals surface area contributed by atoms with Crippen LogP contribution in [-0.2, 0) is 0 Å². The van der Waals surface area contributed by atoms with Gasteiger partial charge in [-0.1, -0.05) is 60.1 Å². The van der Waals surface area contributed by atoms with Crippen molar-refractivity contribution < 1.29 is 19.1 Å². The molecule has 4 aromatic rings. The van der Waals surface area contributed by atoms with E-state index in [1.54, 1.807) is 54.6 Å². The minimum absolute atomic E-state index is 0.137. The average molecular weight is 427 g/mol. The van der Waals surface area contributed by atoms with E-state index in [2.05, 4.69) is 0 Å². The van der Waals surface area contributed by atoms with Crippen LogP contribution >= 0.6 is 11.6 Å². The highest BCUT2D eigenvalue weighted by Gasteiger charge is 2.36. The van der Waals surface area contributed by atoms with Crippen LogP contribution in [0, 0.1) is 0 Å². The summed E-state index contributed by atoms with van der Waals surface area (Å²) in [5.74, 6) is 0.885. The Labute approximate surface area is 183 Å². The highest BCUT2D eigenvalue weighted by molar-refractivity contribution is 6.36. The van der Waals surface area contributed by atoms with Crippen molar-refractivity contribution in [3.8, 4) is 23.0 Å². The average Bonchev–Trinajstić information content (AvgIpc) is 2.80. The Hall–Kier alpha value is -3.89. The number of carbonyl (C=O) groups excluding carboxylic acids is 2. The van der Waals surface area contributed by atoms with Crippen LogP contribution in [0.5, 0.6) is 23.0 Å². The van der Waals surface area contributed by atoms with Crippen molar-refractivity contribution in [2.45, 2.75) is 0 Å². The lowest BCUT2D eigenvalue weighted by molar-refractivity contribution is 0.0975. The third-order valence-corrected chi connectivity index (χ3v) is 5.31. The first-order chi connectivity index (χ1) is 15.1. The molecular weight excluding hydrogens is 412 g/mol. The summed E-state index contributed by atoms with van der Waals surface area (Å²) in [5, 5.41) is 0.244. The molecule has 0 aliphatic heterocycles. The third kappa shape index (κ3) is 3.37. The molecule has 1 aliphatic carbocycles. The van der Waals surface area contributed by atoms with E-state index in [-0.39, 0.29) is 39.0 Å². The molecule has 0 unspecified atom stereocenters. The van der Waals surface area contributed by atoms with E-state index in [0.717, 1.165) is 0 Å². The van der Waals surface area contributed by atoms with E-state index < -0.39 is 0 Å². The zero-order valence-electron chi connectivity index (χ0n) is 16.2. The monoisotopic (exact) mass is 426 g/mol. The summed E-state index contributed by atoms with van der Waals surface area (Å²) in [6.45, 7) is 0. The minimum Gasteiger partial charge on any atom is -0.457 e. The number of fused-ring (bicyclic) bond motifs is 2. The summed E-state index contributed by atoms with van der Waals surface area (Å²) in [6, 6.07) is 26.2. The molecule has 0 atom stereocenters. The molecule has 0 aromatic heterocycles. The maximum absolute atomic E-state index is 13.7. The maximum Gasteiger partial charge on any atom is 0.202 e. The number of hydrogen-bond donors (Lipinski definition) is 0. The van der Waals surface area contributed by atoms with Crippen molar-refractivity contribution in [3.63, 3.8) is 0 Å². The number of halogens is 1. The van der Waals surface area contributed by atoms with Gasteiger partial charge in [0.25, 0.3) is 0 Å². The van der Waals surface area contributed by atoms with E-state index in [4.69, 9.17) is 21.1 Å². The fraction of sp³-hybridized carbons (Fsp3) is 0. The van der Waals surface area contributed by atoms with E-state index >= 15 is 0 Å². The van der Waals surface area contributed by atoms with Gasteiger partial charge >= 0.3 is 0 Å². The Balaban J connectivity index is 1.65. The van der Waals surface area contributed by atoms with Gasteiger partial charge in [0.1, 0.15) is 17.2 Å². The molecule has 0 radical (unpaired) electrons. The van der Waals surface area contributed by atoms with Crippen molar-refractivity contribution in [1.29, 1.82) is 0 Å². The summed E-state index contributed by atoms with van der Waals surface area (Å²) < 4.78 is 11.9. The minimum atomic E-state index is -0.371. The molecule has 0 bridgehead atoms. The lowest BCUT2D eigenvalue weighted by atomic mass is 9.83. The molecule has 31 heavy (non-hydrogen) atoms. The van der Waals surface area contributed by atoms with Crippen molar-refractivity contribution in [2.24, 2.45) is 0 Å². The van der Waals surface area contributed by atoms with Crippen LogP contribution in [0.1, 0.15) is 31.8 Å². The van der Waals surface area contributed by atoms with Crippen molar-refractivity contribution >= 4 is 23.2 Å². The van der Waals surface area contributed by atoms with Crippen molar-refractivity contribution in [2.75, 3.05) is 0 Å². The fourth-order valence-corrected chi connectivity index (χ4v) is 3.80. The number of para-hydroxylation sites is 2. The highest BCUT2D eigenvalue weighted by atomic mass is 35.5. The predicted octanol–water partition coefficient (Wildman–Crippen LogP) is 6.70. The number of hydrogen-bond acceptors (Lipinski definition) is 4. The first kappa shape index (κ1) is 19.1. The lowest BCUT2D eigenvalue weighted by Crippen LogP contribution is -2.22. The number of ether oxygens (including phenoxy) is 2. The second kappa shape index (κ2) is 7.74. The van der Waals surface area contributed by atoms with Gasteiger partial charge in [0.15, 0.2) is 11.5 Å². The number of benzene rings is 4. The Morgan fingerprint density at radius 2 is 1.16 bits per heavy atom. The van der Waals surface area contributed by atoms with Crippen LogP contribution in [0.3, 0.4) is 0 Å². The summed E-state index contributed by atoms with van der Waals surface area (Å²) in [5.41, 5.74) is 0.880. The SMILES string of the molecule is O=C1c2cccc(Oc3ccccc3)c2C(=O)c2c1ccc(Cl)c2Oc1ccccc1. The molecule has 0 amide bonds. The molecule has 0 spiro atoms. The number of carbonyl (C=O) groups is 2. The van der Waals surface area contributed by atoms with Gasteiger partial charge in [-0.15, -0.1) is 0 Å². The molecule has 0 fully saturated rings. The number of rotatable bonds is 4. The number of ketones is 2. The van der Waals surface area contributed by atoms with Gasteiger partial charge in [0.2, 0.25) is 5.78 Å². The van der Waals surface area contributed by atoms with Gasteiger partial charge in [-0.3, -0.25) is 9.59 Å². The smallest absolute Gasteiger partial charge is 0.202 e. The molecule has 0 N–H and O–H groups in total. The molecule has 0 heterocycles. The first-order valence-electron chi connectivity index (χ1n) is 9.64. The van der Waals surface area contributed by atoms with Crippen molar-refractivity contribution in [1.82, 2.24) is 0 Å². The second-order valence-electron chi connectivity index (χ2n) is 6.97. The Kier molecular flexibility index (Phi) is 4.77. The van der Waals surface area contributed by atoms with Gasteiger partial charge < -0.3 is 9.47 Å². The molecule has 4 aromatic carbocycles. The van der Waals surface area contributed by atoms with Gasteiger partial charge in [-0.25, -0.2) is 0 Å². The van der Waals surface area contributed by atoms with E-state index in [1.807, 2.05) is 36.4 Å². The Bertz CT molecular complexity index is 1310. The van der Waals surface area contributed by atoms with Gasteiger partial charge in [0.05, 0.1) is 16.1 Å². The molecule has 5 heteroatoms. The van der Waals surface area contributed by atoms with Crippen LogP contribution in [0.2, 0.25) is 5.02 Å². The van der Waals surface area contributed by atoms with Gasteiger partial charge in [-0.2, -0.15) is 0 Å². The maximum atomic E-state index is 13.7. The van der Waals surface area contributed by atoms with E-state index in [9.17, 15) is 9.59 Å². The molecule has 4 nitrogen and oxygen atoms in total. The van der Waals surface area contributed by atoms with E-state index in [0.29, 0.717) is 22.8 Å². The fourth-order valence-electron chi connectivity index (χ4n) is 3.60. The normalized spacial score (nSPS) is 12.2. The zero-order valence-corrected chi connectivity index (χ0v) is 16.9. The third-order valence-electron chi connectivity index (χ3n) is 5.01. The van der Waals surface area contributed by atoms with Gasteiger partial charge in [0, 0.05) is 11.1 Å². The second-order valence-corrected chi connectivity index (χ2v) is 7.37. The van der Waals surface area contributed by atoms with Crippen LogP contribution in [0.25, 0.3) is 0 Å². The summed E-state index contributed by atoms with van der Waals surface area (Å²) in [4.78, 5) is 26.9. The largest absolute Gasteiger partial charge is 0.457 e. The summed E-state index contributed by atoms with van der Waals surface area (Å²) >= 11 is 6.40. The first-order valence-corrected chi connectivity index (χ1v) is 10.0. The van der Waals surface area contributed by atoms with Gasteiger partial charge in [-0.05, 0) is 42.5 Å². The highest BCUT2D eigenvalue weighted by Crippen LogP contribution is 2.42. The lowest BCUT2D eigenvalue weighted by Gasteiger charge is -2.22. The predicted molar refractivity (Wildman–Crippen MR) is 118 cm³/mol. The van der Waals surface area contributed by atoms with E-state index in [1.165, 1.54) is 0 Å².